The zero-order chi connectivity index (χ0) is 13.0. The number of aliphatic hydroxyl groups is 1. The average molecular weight is 247 g/mol. The topological polar surface area (TPSA) is 91.1 Å². The fourth-order valence-corrected chi connectivity index (χ4v) is 1.87. The zero-order valence-electron chi connectivity index (χ0n) is 10.0. The summed E-state index contributed by atoms with van der Waals surface area (Å²) in [7, 11) is 0. The molecule has 0 radical (unpaired) electrons. The maximum absolute atomic E-state index is 11.4. The predicted octanol–water partition coefficient (Wildman–Crippen LogP) is 0.146. The standard InChI is InChI=1S/C13H17N3O2/c14-11(8-17)13(18)15-6-5-9-7-16-12-4-2-1-3-10(9)12/h1-4,7,11,16-17H,5-6,8,14H2,(H,15,18). The molecule has 0 spiro atoms. The van der Waals surface area contributed by atoms with Crippen LogP contribution in [0.4, 0.5) is 0 Å². The van der Waals surface area contributed by atoms with Gasteiger partial charge in [0.1, 0.15) is 6.04 Å². The summed E-state index contributed by atoms with van der Waals surface area (Å²) in [6.45, 7) is 0.174. The summed E-state index contributed by atoms with van der Waals surface area (Å²) in [5.74, 6) is -0.322. The number of rotatable bonds is 5. The average Bonchev–Trinajstić information content (AvgIpc) is 2.81. The third-order valence-corrected chi connectivity index (χ3v) is 2.90. The van der Waals surface area contributed by atoms with E-state index in [1.165, 1.54) is 5.39 Å². The van der Waals surface area contributed by atoms with E-state index in [2.05, 4.69) is 10.3 Å². The highest BCUT2D eigenvalue weighted by molar-refractivity contribution is 5.83. The number of aliphatic hydroxyl groups excluding tert-OH is 1. The summed E-state index contributed by atoms with van der Waals surface area (Å²) in [6.07, 6.45) is 2.68. The van der Waals surface area contributed by atoms with Gasteiger partial charge in [0, 0.05) is 23.6 Å². The molecular formula is C13H17N3O2. The number of aromatic amines is 1. The van der Waals surface area contributed by atoms with E-state index in [1.807, 2.05) is 30.5 Å². The summed E-state index contributed by atoms with van der Waals surface area (Å²) < 4.78 is 0. The Morgan fingerprint density at radius 2 is 2.22 bits per heavy atom. The zero-order valence-corrected chi connectivity index (χ0v) is 10.0. The first-order valence-electron chi connectivity index (χ1n) is 5.91. The van der Waals surface area contributed by atoms with E-state index in [9.17, 15) is 4.79 Å². The molecule has 2 rings (SSSR count). The lowest BCUT2D eigenvalue weighted by Gasteiger charge is -2.08. The van der Waals surface area contributed by atoms with Crippen LogP contribution in [0.5, 0.6) is 0 Å². The quantitative estimate of drug-likeness (QED) is 0.606. The van der Waals surface area contributed by atoms with E-state index < -0.39 is 6.04 Å². The van der Waals surface area contributed by atoms with Gasteiger partial charge in [-0.3, -0.25) is 4.79 Å². The van der Waals surface area contributed by atoms with Crippen LogP contribution in [-0.4, -0.2) is 35.2 Å². The van der Waals surface area contributed by atoms with Crippen LogP contribution in [0.3, 0.4) is 0 Å². The van der Waals surface area contributed by atoms with Gasteiger partial charge in [0.05, 0.1) is 6.61 Å². The van der Waals surface area contributed by atoms with Gasteiger partial charge in [-0.1, -0.05) is 18.2 Å². The Hall–Kier alpha value is -1.85. The van der Waals surface area contributed by atoms with Crippen molar-refractivity contribution in [1.82, 2.24) is 10.3 Å². The predicted molar refractivity (Wildman–Crippen MR) is 70.1 cm³/mol. The molecule has 1 unspecified atom stereocenters. The van der Waals surface area contributed by atoms with Crippen molar-refractivity contribution in [2.45, 2.75) is 12.5 Å². The van der Waals surface area contributed by atoms with E-state index in [4.69, 9.17) is 10.8 Å². The van der Waals surface area contributed by atoms with Crippen molar-refractivity contribution in [3.63, 3.8) is 0 Å². The van der Waals surface area contributed by atoms with Crippen molar-refractivity contribution in [2.24, 2.45) is 5.73 Å². The number of amides is 1. The number of hydrogen-bond acceptors (Lipinski definition) is 3. The van der Waals surface area contributed by atoms with Gasteiger partial charge in [0.2, 0.25) is 5.91 Å². The Kier molecular flexibility index (Phi) is 3.96. The minimum absolute atomic E-state index is 0.322. The molecule has 0 saturated heterocycles. The molecule has 5 heteroatoms. The molecule has 0 aliphatic heterocycles. The highest BCUT2D eigenvalue weighted by atomic mass is 16.3. The van der Waals surface area contributed by atoms with E-state index in [0.717, 1.165) is 17.5 Å². The Morgan fingerprint density at radius 3 is 3.00 bits per heavy atom. The number of nitrogens with one attached hydrogen (secondary N) is 2. The third-order valence-electron chi connectivity index (χ3n) is 2.90. The fourth-order valence-electron chi connectivity index (χ4n) is 1.87. The minimum atomic E-state index is -0.840. The van der Waals surface area contributed by atoms with Crippen molar-refractivity contribution in [3.05, 3.63) is 36.0 Å². The van der Waals surface area contributed by atoms with Crippen molar-refractivity contribution in [1.29, 1.82) is 0 Å². The molecule has 1 amide bonds. The smallest absolute Gasteiger partial charge is 0.239 e. The molecule has 0 aliphatic rings. The number of H-pyrrole nitrogens is 1. The van der Waals surface area contributed by atoms with Crippen LogP contribution in [0.25, 0.3) is 10.9 Å². The molecule has 0 bridgehead atoms. The first-order chi connectivity index (χ1) is 8.72. The third kappa shape index (κ3) is 2.69. The molecule has 0 fully saturated rings. The van der Waals surface area contributed by atoms with Gasteiger partial charge in [0.25, 0.3) is 0 Å². The van der Waals surface area contributed by atoms with Crippen LogP contribution in [0.2, 0.25) is 0 Å². The number of carbonyl (C=O) groups excluding carboxylic acids is 1. The van der Waals surface area contributed by atoms with Gasteiger partial charge in [-0.05, 0) is 18.1 Å². The van der Waals surface area contributed by atoms with Gasteiger partial charge in [0.15, 0.2) is 0 Å². The van der Waals surface area contributed by atoms with Crippen LogP contribution in [0.15, 0.2) is 30.5 Å². The van der Waals surface area contributed by atoms with Crippen LogP contribution < -0.4 is 11.1 Å². The maximum atomic E-state index is 11.4. The van der Waals surface area contributed by atoms with Gasteiger partial charge >= 0.3 is 0 Å². The summed E-state index contributed by atoms with van der Waals surface area (Å²) in [4.78, 5) is 14.5. The molecule has 5 N–H and O–H groups in total. The Labute approximate surface area is 105 Å². The van der Waals surface area contributed by atoms with Crippen LogP contribution in [0, 0.1) is 0 Å². The second-order valence-electron chi connectivity index (χ2n) is 4.19. The Bertz CT molecular complexity index is 536. The Balaban J connectivity index is 1.93. The van der Waals surface area contributed by atoms with Crippen LogP contribution in [0.1, 0.15) is 5.56 Å². The highest BCUT2D eigenvalue weighted by Gasteiger charge is 2.11. The first kappa shape index (κ1) is 12.6. The van der Waals surface area contributed by atoms with Crippen molar-refractivity contribution >= 4 is 16.8 Å². The van der Waals surface area contributed by atoms with Gasteiger partial charge in [-0.2, -0.15) is 0 Å². The monoisotopic (exact) mass is 247 g/mol. The lowest BCUT2D eigenvalue weighted by molar-refractivity contribution is -0.123. The molecule has 1 heterocycles. The van der Waals surface area contributed by atoms with Gasteiger partial charge in [-0.25, -0.2) is 0 Å². The van der Waals surface area contributed by atoms with E-state index in [1.54, 1.807) is 0 Å². The van der Waals surface area contributed by atoms with Gasteiger partial charge < -0.3 is 21.1 Å². The molecule has 96 valence electrons. The second-order valence-corrected chi connectivity index (χ2v) is 4.19. The fraction of sp³-hybridized carbons (Fsp3) is 0.308. The van der Waals surface area contributed by atoms with Crippen molar-refractivity contribution in [3.8, 4) is 0 Å². The number of hydrogen-bond donors (Lipinski definition) is 4. The largest absolute Gasteiger partial charge is 0.394 e. The van der Waals surface area contributed by atoms with E-state index >= 15 is 0 Å². The lowest BCUT2D eigenvalue weighted by atomic mass is 10.1. The molecule has 1 atom stereocenters. The summed E-state index contributed by atoms with van der Waals surface area (Å²) >= 11 is 0. The molecule has 1 aromatic carbocycles. The number of benzene rings is 1. The molecule has 18 heavy (non-hydrogen) atoms. The molecule has 5 nitrogen and oxygen atoms in total. The number of aromatic nitrogens is 1. The molecule has 0 aliphatic carbocycles. The number of para-hydroxylation sites is 1. The number of carbonyl (C=O) groups is 1. The normalized spacial score (nSPS) is 12.6. The SMILES string of the molecule is NC(CO)C(=O)NCCc1c[nH]c2ccccc12. The second kappa shape index (κ2) is 5.66. The molecular weight excluding hydrogens is 230 g/mol. The van der Waals surface area contributed by atoms with Gasteiger partial charge in [-0.15, -0.1) is 0 Å². The van der Waals surface area contributed by atoms with Crippen molar-refractivity contribution in [2.75, 3.05) is 13.2 Å². The summed E-state index contributed by atoms with van der Waals surface area (Å²) in [5.41, 5.74) is 7.64. The molecule has 2 aromatic rings. The minimum Gasteiger partial charge on any atom is -0.394 e. The van der Waals surface area contributed by atoms with E-state index in [-0.39, 0.29) is 12.5 Å². The molecule has 0 saturated carbocycles. The highest BCUT2D eigenvalue weighted by Crippen LogP contribution is 2.17. The maximum Gasteiger partial charge on any atom is 0.239 e. The lowest BCUT2D eigenvalue weighted by Crippen LogP contribution is -2.43. The van der Waals surface area contributed by atoms with E-state index in [0.29, 0.717) is 6.54 Å². The summed E-state index contributed by atoms with van der Waals surface area (Å²) in [6, 6.07) is 7.18. The number of fused-ring (bicyclic) bond motifs is 1. The molecule has 1 aromatic heterocycles. The van der Waals surface area contributed by atoms with Crippen LogP contribution >= 0.6 is 0 Å². The van der Waals surface area contributed by atoms with Crippen LogP contribution in [-0.2, 0) is 11.2 Å². The number of nitrogens with two attached hydrogens (primary N) is 1. The van der Waals surface area contributed by atoms with Crippen molar-refractivity contribution < 1.29 is 9.90 Å². The Morgan fingerprint density at radius 1 is 1.44 bits per heavy atom. The summed E-state index contributed by atoms with van der Waals surface area (Å²) in [5, 5.41) is 12.6. The first-order valence-corrected chi connectivity index (χ1v) is 5.91.